The van der Waals surface area contributed by atoms with E-state index < -0.39 is 12.1 Å². The van der Waals surface area contributed by atoms with Crippen LogP contribution in [-0.4, -0.2) is 17.2 Å². The molecule has 3 aromatic carbocycles. The molecule has 3 rings (SSSR count). The number of carbonyl (C=O) groups is 1. The third kappa shape index (κ3) is 3.81. The maximum absolute atomic E-state index is 11.0. The quantitative estimate of drug-likeness (QED) is 0.611. The van der Waals surface area contributed by atoms with Gasteiger partial charge in [0.05, 0.1) is 5.02 Å². The smallest absolute Gasteiger partial charge is 0.344 e. The van der Waals surface area contributed by atoms with Gasteiger partial charge in [0.25, 0.3) is 0 Å². The molecule has 6 heteroatoms. The van der Waals surface area contributed by atoms with Crippen LogP contribution in [0.25, 0.3) is 10.8 Å². The van der Waals surface area contributed by atoms with Crippen LogP contribution in [0.2, 0.25) is 10.0 Å². The summed E-state index contributed by atoms with van der Waals surface area (Å²) >= 11 is 12.1. The Morgan fingerprint density at radius 1 is 0.960 bits per heavy atom. The van der Waals surface area contributed by atoms with Crippen molar-refractivity contribution in [3.63, 3.8) is 0 Å². The molecule has 1 atom stereocenters. The van der Waals surface area contributed by atoms with Gasteiger partial charge in [-0.25, -0.2) is 4.79 Å². The number of carboxylic acids is 1. The number of hydrogen-bond acceptors (Lipinski definition) is 3. The molecule has 25 heavy (non-hydrogen) atoms. The summed E-state index contributed by atoms with van der Waals surface area (Å²) in [6.45, 7) is 1.48. The second-order valence-corrected chi connectivity index (χ2v) is 6.23. The summed E-state index contributed by atoms with van der Waals surface area (Å²) in [6.07, 6.45) is -0.958. The van der Waals surface area contributed by atoms with Crippen molar-refractivity contribution >= 4 is 39.9 Å². The van der Waals surface area contributed by atoms with Crippen LogP contribution in [0.4, 0.5) is 0 Å². The molecular weight excluding hydrogens is 363 g/mol. The molecule has 0 bridgehead atoms. The highest BCUT2D eigenvalue weighted by Gasteiger charge is 2.15. The average molecular weight is 377 g/mol. The van der Waals surface area contributed by atoms with E-state index in [1.165, 1.54) is 6.92 Å². The summed E-state index contributed by atoms with van der Waals surface area (Å²) in [6, 6.07) is 15.8. The normalized spacial score (nSPS) is 12.0. The highest BCUT2D eigenvalue weighted by Crippen LogP contribution is 2.37. The SMILES string of the molecule is CC(Oc1cccc2c(Oc3ccc(Cl)cc3Cl)cccc12)C(=O)O. The van der Waals surface area contributed by atoms with Gasteiger partial charge >= 0.3 is 5.97 Å². The van der Waals surface area contributed by atoms with Crippen molar-refractivity contribution in [3.8, 4) is 17.2 Å². The lowest BCUT2D eigenvalue weighted by atomic mass is 10.1. The number of benzene rings is 3. The average Bonchev–Trinajstić information content (AvgIpc) is 2.58. The summed E-state index contributed by atoms with van der Waals surface area (Å²) < 4.78 is 11.5. The zero-order chi connectivity index (χ0) is 18.0. The van der Waals surface area contributed by atoms with Crippen molar-refractivity contribution in [1.29, 1.82) is 0 Å². The largest absolute Gasteiger partial charge is 0.479 e. The highest BCUT2D eigenvalue weighted by atomic mass is 35.5. The molecule has 128 valence electrons. The van der Waals surface area contributed by atoms with E-state index in [0.717, 1.165) is 10.8 Å². The van der Waals surface area contributed by atoms with Gasteiger partial charge < -0.3 is 14.6 Å². The van der Waals surface area contributed by atoms with Crippen molar-refractivity contribution in [3.05, 3.63) is 64.6 Å². The molecule has 0 aliphatic carbocycles. The van der Waals surface area contributed by atoms with Gasteiger partial charge in [0, 0.05) is 15.8 Å². The Hall–Kier alpha value is -2.43. The van der Waals surface area contributed by atoms with Gasteiger partial charge in [0.15, 0.2) is 6.10 Å². The first kappa shape index (κ1) is 17.4. The Morgan fingerprint density at radius 2 is 1.60 bits per heavy atom. The predicted octanol–water partition coefficient (Wildman–Crippen LogP) is 5.79. The molecule has 0 aliphatic heterocycles. The van der Waals surface area contributed by atoms with E-state index in [0.29, 0.717) is 27.3 Å². The van der Waals surface area contributed by atoms with Crippen LogP contribution < -0.4 is 9.47 Å². The number of halogens is 2. The van der Waals surface area contributed by atoms with Crippen LogP contribution in [0.1, 0.15) is 6.92 Å². The molecule has 1 unspecified atom stereocenters. The minimum atomic E-state index is -1.03. The lowest BCUT2D eigenvalue weighted by Gasteiger charge is -2.15. The number of hydrogen-bond donors (Lipinski definition) is 1. The van der Waals surface area contributed by atoms with Gasteiger partial charge in [-0.15, -0.1) is 0 Å². The monoisotopic (exact) mass is 376 g/mol. The zero-order valence-electron chi connectivity index (χ0n) is 13.2. The molecule has 0 saturated heterocycles. The molecule has 1 N–H and O–H groups in total. The molecule has 0 fully saturated rings. The summed E-state index contributed by atoms with van der Waals surface area (Å²) in [4.78, 5) is 11.0. The first-order valence-corrected chi connectivity index (χ1v) is 8.25. The van der Waals surface area contributed by atoms with Gasteiger partial charge in [-0.3, -0.25) is 0 Å². The van der Waals surface area contributed by atoms with E-state index in [-0.39, 0.29) is 0 Å². The van der Waals surface area contributed by atoms with Crippen molar-refractivity contribution in [1.82, 2.24) is 0 Å². The summed E-state index contributed by atoms with van der Waals surface area (Å²) in [5.41, 5.74) is 0. The first-order chi connectivity index (χ1) is 12.0. The first-order valence-electron chi connectivity index (χ1n) is 7.50. The third-order valence-electron chi connectivity index (χ3n) is 3.61. The Labute approximate surface area is 154 Å². The fraction of sp³-hybridized carbons (Fsp3) is 0.105. The topological polar surface area (TPSA) is 55.8 Å². The molecular formula is C19H14Cl2O4. The van der Waals surface area contributed by atoms with E-state index in [1.807, 2.05) is 12.1 Å². The number of carboxylic acid groups (broad SMARTS) is 1. The number of rotatable bonds is 5. The van der Waals surface area contributed by atoms with E-state index in [4.69, 9.17) is 37.8 Å². The Balaban J connectivity index is 2.01. The van der Waals surface area contributed by atoms with Gasteiger partial charge in [-0.1, -0.05) is 47.5 Å². The lowest BCUT2D eigenvalue weighted by Crippen LogP contribution is -2.22. The molecule has 0 spiro atoms. The van der Waals surface area contributed by atoms with Gasteiger partial charge in [-0.05, 0) is 37.3 Å². The Kier molecular flexibility index (Phi) is 5.02. The third-order valence-corrected chi connectivity index (χ3v) is 4.14. The summed E-state index contributed by atoms with van der Waals surface area (Å²) in [7, 11) is 0. The van der Waals surface area contributed by atoms with Crippen LogP contribution in [0, 0.1) is 0 Å². The second kappa shape index (κ2) is 7.21. The molecule has 4 nitrogen and oxygen atoms in total. The standard InChI is InChI=1S/C19H14Cl2O4/c1-11(19(22)23)24-16-6-2-5-14-13(16)4-3-7-17(14)25-18-9-8-12(20)10-15(18)21/h2-11H,1H3,(H,22,23). The maximum Gasteiger partial charge on any atom is 0.344 e. The van der Waals surface area contributed by atoms with Gasteiger partial charge in [0.1, 0.15) is 17.2 Å². The van der Waals surface area contributed by atoms with E-state index in [2.05, 4.69) is 0 Å². The molecule has 0 heterocycles. The highest BCUT2D eigenvalue weighted by molar-refractivity contribution is 6.35. The fourth-order valence-electron chi connectivity index (χ4n) is 2.36. The molecule has 0 saturated carbocycles. The molecule has 0 radical (unpaired) electrons. The minimum absolute atomic E-state index is 0.399. The van der Waals surface area contributed by atoms with Crippen LogP contribution in [0.5, 0.6) is 17.2 Å². The van der Waals surface area contributed by atoms with Crippen molar-refractivity contribution in [2.24, 2.45) is 0 Å². The second-order valence-electron chi connectivity index (χ2n) is 5.38. The van der Waals surface area contributed by atoms with Crippen LogP contribution >= 0.6 is 23.2 Å². The van der Waals surface area contributed by atoms with Crippen LogP contribution in [-0.2, 0) is 4.79 Å². The van der Waals surface area contributed by atoms with Gasteiger partial charge in [-0.2, -0.15) is 0 Å². The van der Waals surface area contributed by atoms with Crippen molar-refractivity contribution in [2.45, 2.75) is 13.0 Å². The van der Waals surface area contributed by atoms with Gasteiger partial charge in [0.2, 0.25) is 0 Å². The number of aliphatic carboxylic acids is 1. The zero-order valence-corrected chi connectivity index (χ0v) is 14.7. The van der Waals surface area contributed by atoms with E-state index in [1.54, 1.807) is 42.5 Å². The number of fused-ring (bicyclic) bond motifs is 1. The minimum Gasteiger partial charge on any atom is -0.479 e. The molecule has 0 aromatic heterocycles. The lowest BCUT2D eigenvalue weighted by molar-refractivity contribution is -0.144. The van der Waals surface area contributed by atoms with Crippen LogP contribution in [0.15, 0.2) is 54.6 Å². The number of ether oxygens (including phenoxy) is 2. The summed E-state index contributed by atoms with van der Waals surface area (Å²) in [5, 5.41) is 11.5. The van der Waals surface area contributed by atoms with Crippen molar-refractivity contribution in [2.75, 3.05) is 0 Å². The van der Waals surface area contributed by atoms with E-state index in [9.17, 15) is 4.79 Å². The van der Waals surface area contributed by atoms with Crippen molar-refractivity contribution < 1.29 is 19.4 Å². The van der Waals surface area contributed by atoms with Crippen LogP contribution in [0.3, 0.4) is 0 Å². The molecule has 3 aromatic rings. The molecule has 0 aliphatic rings. The fourth-order valence-corrected chi connectivity index (χ4v) is 2.81. The Morgan fingerprint density at radius 3 is 2.24 bits per heavy atom. The predicted molar refractivity (Wildman–Crippen MR) is 98.2 cm³/mol. The Bertz CT molecular complexity index is 940. The molecule has 0 amide bonds. The van der Waals surface area contributed by atoms with E-state index >= 15 is 0 Å². The maximum atomic E-state index is 11.0. The summed E-state index contributed by atoms with van der Waals surface area (Å²) in [5.74, 6) is 0.497.